The summed E-state index contributed by atoms with van der Waals surface area (Å²) in [7, 11) is 2.10. The smallest absolute Gasteiger partial charge is 0.327 e. The number of hydrogen-bond acceptors (Lipinski definition) is 7. The Hall–Kier alpha value is -3.48. The first-order valence-electron chi connectivity index (χ1n) is 12.9. The number of ether oxygens (including phenoxy) is 1. The summed E-state index contributed by atoms with van der Waals surface area (Å²) in [6.07, 6.45) is 10.4. The molecule has 1 fully saturated rings. The molecule has 0 bridgehead atoms. The third-order valence-corrected chi connectivity index (χ3v) is 6.56. The van der Waals surface area contributed by atoms with Gasteiger partial charge in [0.25, 0.3) is 0 Å². The highest BCUT2D eigenvalue weighted by Crippen LogP contribution is 2.27. The Kier molecular flexibility index (Phi) is 10.4. The summed E-state index contributed by atoms with van der Waals surface area (Å²) < 4.78 is 6.15. The van der Waals surface area contributed by atoms with E-state index in [4.69, 9.17) is 4.74 Å². The van der Waals surface area contributed by atoms with Crippen molar-refractivity contribution in [1.29, 1.82) is 5.26 Å². The molecule has 2 aliphatic heterocycles. The molecule has 9 nitrogen and oxygen atoms in total. The van der Waals surface area contributed by atoms with Gasteiger partial charge in [0.05, 0.1) is 18.8 Å². The molecule has 3 rings (SSSR count). The van der Waals surface area contributed by atoms with Crippen LogP contribution in [-0.2, 0) is 17.8 Å². The minimum absolute atomic E-state index is 0.126. The van der Waals surface area contributed by atoms with Crippen molar-refractivity contribution in [1.82, 2.24) is 15.2 Å². The predicted octanol–water partition coefficient (Wildman–Crippen LogP) is 3.85. The number of aldehydes is 1. The number of hydrogen-bond donors (Lipinski definition) is 2. The molecule has 3 heterocycles. The van der Waals surface area contributed by atoms with Crippen molar-refractivity contribution < 1.29 is 19.4 Å². The van der Waals surface area contributed by atoms with E-state index in [1.54, 1.807) is 25.1 Å². The van der Waals surface area contributed by atoms with Crippen molar-refractivity contribution in [3.05, 3.63) is 58.1 Å². The van der Waals surface area contributed by atoms with Crippen LogP contribution in [0.3, 0.4) is 0 Å². The number of anilines is 1. The highest BCUT2D eigenvalue weighted by atomic mass is 16.5. The molecule has 0 aliphatic carbocycles. The fourth-order valence-corrected chi connectivity index (χ4v) is 4.68. The standard InChI is InChI=1S/C28H37N5O4/c1-4-5-9-23(15-29)26(37-19-21-8-6-11-32(3)16-21)13-20(2)30-28(36)33-12-7-10-22-14-24(17-34)25(18-35)31-27(22)33/h5,9,13-14,18,21,34H,4,6-8,10-12,16-17,19H2,1-3H3,(H,30,36)/b9-5+,20-13+,26-23-. The molecule has 1 aromatic rings. The number of aryl methyl sites for hydroxylation is 1. The van der Waals surface area contributed by atoms with Gasteiger partial charge in [-0.2, -0.15) is 5.26 Å². The van der Waals surface area contributed by atoms with E-state index in [1.165, 1.54) is 4.90 Å². The molecule has 1 atom stereocenters. The number of allylic oxidation sites excluding steroid dienone is 5. The Balaban J connectivity index is 1.81. The quantitative estimate of drug-likeness (QED) is 0.225. The fraction of sp³-hybridized carbons (Fsp3) is 0.500. The van der Waals surface area contributed by atoms with Gasteiger partial charge in [-0.3, -0.25) is 9.69 Å². The Labute approximate surface area is 219 Å². The third kappa shape index (κ3) is 7.51. The summed E-state index contributed by atoms with van der Waals surface area (Å²) in [5.41, 5.74) is 2.31. The van der Waals surface area contributed by atoms with Crippen LogP contribution >= 0.6 is 0 Å². The number of pyridine rings is 1. The number of urea groups is 1. The van der Waals surface area contributed by atoms with Gasteiger partial charge >= 0.3 is 6.03 Å². The highest BCUT2D eigenvalue weighted by molar-refractivity contribution is 5.93. The zero-order valence-corrected chi connectivity index (χ0v) is 22.0. The van der Waals surface area contributed by atoms with Gasteiger partial charge in [0.15, 0.2) is 6.29 Å². The van der Waals surface area contributed by atoms with Crippen molar-refractivity contribution in [3.63, 3.8) is 0 Å². The van der Waals surface area contributed by atoms with Gasteiger partial charge in [0.2, 0.25) is 0 Å². The maximum atomic E-state index is 13.2. The van der Waals surface area contributed by atoms with Gasteiger partial charge in [0, 0.05) is 36.3 Å². The minimum Gasteiger partial charge on any atom is -0.492 e. The first-order valence-corrected chi connectivity index (χ1v) is 12.9. The molecule has 0 spiro atoms. The second kappa shape index (κ2) is 13.7. The van der Waals surface area contributed by atoms with Crippen LogP contribution in [0, 0.1) is 17.2 Å². The van der Waals surface area contributed by atoms with Gasteiger partial charge < -0.3 is 20.1 Å². The lowest BCUT2D eigenvalue weighted by Gasteiger charge is -2.30. The van der Waals surface area contributed by atoms with Crippen molar-refractivity contribution in [2.75, 3.05) is 38.2 Å². The number of aromatic nitrogens is 1. The number of carbonyl (C=O) groups is 2. The Morgan fingerprint density at radius 2 is 2.19 bits per heavy atom. The Morgan fingerprint density at radius 3 is 2.86 bits per heavy atom. The number of piperidine rings is 1. The fourth-order valence-electron chi connectivity index (χ4n) is 4.68. The summed E-state index contributed by atoms with van der Waals surface area (Å²) in [5.74, 6) is 1.22. The minimum atomic E-state index is -0.383. The van der Waals surface area contributed by atoms with Gasteiger partial charge in [0.1, 0.15) is 23.3 Å². The predicted molar refractivity (Wildman–Crippen MR) is 142 cm³/mol. The van der Waals surface area contributed by atoms with Crippen molar-refractivity contribution in [3.8, 4) is 6.07 Å². The van der Waals surface area contributed by atoms with Crippen molar-refractivity contribution in [2.24, 2.45) is 5.92 Å². The number of nitrogens with one attached hydrogen (secondary N) is 1. The van der Waals surface area contributed by atoms with Crippen LogP contribution in [0.4, 0.5) is 10.6 Å². The maximum Gasteiger partial charge on any atom is 0.327 e. The molecule has 1 saturated heterocycles. The van der Waals surface area contributed by atoms with Gasteiger partial charge in [-0.05, 0) is 70.3 Å². The number of nitriles is 1. The topological polar surface area (TPSA) is 119 Å². The molecular formula is C28H37N5O4. The average Bonchev–Trinajstić information content (AvgIpc) is 2.90. The van der Waals surface area contributed by atoms with E-state index in [2.05, 4.69) is 28.3 Å². The molecular weight excluding hydrogens is 470 g/mol. The lowest BCUT2D eigenvalue weighted by molar-refractivity contribution is 0.111. The highest BCUT2D eigenvalue weighted by Gasteiger charge is 2.26. The number of aliphatic hydroxyl groups is 1. The zero-order chi connectivity index (χ0) is 26.8. The molecule has 9 heteroatoms. The number of carbonyl (C=O) groups excluding carboxylic acids is 2. The second-order valence-corrected chi connectivity index (χ2v) is 9.59. The van der Waals surface area contributed by atoms with Crippen molar-refractivity contribution >= 4 is 18.1 Å². The van der Waals surface area contributed by atoms with E-state index in [1.807, 2.05) is 13.0 Å². The van der Waals surface area contributed by atoms with Crippen LogP contribution in [0.2, 0.25) is 0 Å². The summed E-state index contributed by atoms with van der Waals surface area (Å²) >= 11 is 0. The molecule has 0 saturated carbocycles. The zero-order valence-electron chi connectivity index (χ0n) is 22.0. The summed E-state index contributed by atoms with van der Waals surface area (Å²) in [4.78, 5) is 32.8. The van der Waals surface area contributed by atoms with Crippen LogP contribution in [0.25, 0.3) is 0 Å². The monoisotopic (exact) mass is 507 g/mol. The van der Waals surface area contributed by atoms with Crippen LogP contribution in [0.15, 0.2) is 41.3 Å². The number of rotatable bonds is 9. The van der Waals surface area contributed by atoms with E-state index in [-0.39, 0.29) is 18.3 Å². The third-order valence-electron chi connectivity index (χ3n) is 6.56. The molecule has 1 aromatic heterocycles. The molecule has 1 unspecified atom stereocenters. The SMILES string of the molecule is CC/C=C/C(C#N)=C(\C=C(/C)NC(=O)N1CCCc2cc(CO)c(C=O)nc21)OCC1CCCN(C)C1. The van der Waals surface area contributed by atoms with Crippen LogP contribution in [-0.4, -0.2) is 60.6 Å². The lowest BCUT2D eigenvalue weighted by atomic mass is 9.99. The summed E-state index contributed by atoms with van der Waals surface area (Å²) in [6, 6.07) is 3.58. The van der Waals surface area contributed by atoms with Crippen molar-refractivity contribution in [2.45, 2.75) is 52.6 Å². The first kappa shape index (κ1) is 28.1. The maximum absolute atomic E-state index is 13.2. The molecule has 2 amide bonds. The van der Waals surface area contributed by atoms with Gasteiger partial charge in [-0.25, -0.2) is 9.78 Å². The summed E-state index contributed by atoms with van der Waals surface area (Å²) in [5, 5.41) is 22.2. The summed E-state index contributed by atoms with van der Waals surface area (Å²) in [6.45, 7) is 6.43. The van der Waals surface area contributed by atoms with E-state index >= 15 is 0 Å². The normalized spacial score (nSPS) is 19.2. The van der Waals surface area contributed by atoms with E-state index in [0.717, 1.165) is 44.3 Å². The molecule has 198 valence electrons. The number of amides is 2. The second-order valence-electron chi connectivity index (χ2n) is 9.59. The van der Waals surface area contributed by atoms with Gasteiger partial charge in [-0.15, -0.1) is 0 Å². The Bertz CT molecular complexity index is 1120. The largest absolute Gasteiger partial charge is 0.492 e. The van der Waals surface area contributed by atoms with Gasteiger partial charge in [-0.1, -0.05) is 13.0 Å². The van der Waals surface area contributed by atoms with Crippen LogP contribution in [0.1, 0.15) is 61.1 Å². The molecule has 37 heavy (non-hydrogen) atoms. The number of nitrogens with zero attached hydrogens (tertiary/aromatic N) is 4. The van der Waals surface area contributed by atoms with E-state index in [9.17, 15) is 20.0 Å². The molecule has 2 N–H and O–H groups in total. The van der Waals surface area contributed by atoms with E-state index < -0.39 is 0 Å². The molecule has 2 aliphatic rings. The first-order chi connectivity index (χ1) is 17.9. The number of aliphatic hydroxyl groups excluding tert-OH is 1. The van der Waals surface area contributed by atoms with E-state index in [0.29, 0.717) is 60.2 Å². The van der Waals surface area contributed by atoms with Crippen LogP contribution in [0.5, 0.6) is 0 Å². The van der Waals surface area contributed by atoms with Crippen LogP contribution < -0.4 is 10.2 Å². The molecule has 0 radical (unpaired) electrons. The number of fused-ring (bicyclic) bond motifs is 1. The number of likely N-dealkylation sites (tertiary alicyclic amines) is 1. The Morgan fingerprint density at radius 1 is 1.38 bits per heavy atom. The lowest BCUT2D eigenvalue weighted by Crippen LogP contribution is -2.43. The average molecular weight is 508 g/mol. The molecule has 0 aromatic carbocycles.